The van der Waals surface area contributed by atoms with Crippen LogP contribution in [-0.2, 0) is 24.2 Å². The van der Waals surface area contributed by atoms with E-state index in [1.807, 2.05) is 22.9 Å². The Morgan fingerprint density at radius 1 is 1.38 bits per heavy atom. The third-order valence-corrected chi connectivity index (χ3v) is 4.98. The van der Waals surface area contributed by atoms with Crippen LogP contribution in [0.5, 0.6) is 0 Å². The van der Waals surface area contributed by atoms with Crippen molar-refractivity contribution >= 4 is 22.9 Å². The van der Waals surface area contributed by atoms with Gasteiger partial charge in [0.2, 0.25) is 17.6 Å². The molecule has 1 aliphatic heterocycles. The monoisotopic (exact) mass is 372 g/mol. The van der Waals surface area contributed by atoms with E-state index in [2.05, 4.69) is 20.8 Å². The van der Waals surface area contributed by atoms with Gasteiger partial charge in [-0.3, -0.25) is 4.79 Å². The van der Waals surface area contributed by atoms with Crippen LogP contribution >= 0.6 is 11.3 Å². The fraction of sp³-hybridized carbons (Fsp3) is 0.278. The van der Waals surface area contributed by atoms with E-state index >= 15 is 0 Å². The molecule has 8 heteroatoms. The molecule has 0 unspecified atom stereocenters. The van der Waals surface area contributed by atoms with E-state index in [1.54, 1.807) is 17.4 Å². The van der Waals surface area contributed by atoms with Crippen molar-refractivity contribution in [2.45, 2.75) is 25.8 Å². The van der Waals surface area contributed by atoms with Gasteiger partial charge in [-0.15, -0.1) is 0 Å². The average Bonchev–Trinajstić information content (AvgIpc) is 3.34. The molecule has 0 saturated heterocycles. The molecule has 6 nitrogen and oxygen atoms in total. The number of anilines is 1. The van der Waals surface area contributed by atoms with Gasteiger partial charge in [0.1, 0.15) is 5.82 Å². The number of carbonyl (C=O) groups excluding carboxylic acids is 1. The molecular formula is C18H17FN4O2S. The fourth-order valence-corrected chi connectivity index (χ4v) is 3.56. The first-order chi connectivity index (χ1) is 12.7. The van der Waals surface area contributed by atoms with Crippen molar-refractivity contribution in [3.8, 4) is 11.4 Å². The largest absolute Gasteiger partial charge is 0.339 e. The molecule has 0 saturated carbocycles. The zero-order chi connectivity index (χ0) is 17.9. The summed E-state index contributed by atoms with van der Waals surface area (Å²) in [5.41, 5.74) is 2.73. The molecule has 0 bridgehead atoms. The number of nitrogens with one attached hydrogen (secondary N) is 2. The average molecular weight is 372 g/mol. The Morgan fingerprint density at radius 2 is 2.31 bits per heavy atom. The molecule has 1 amide bonds. The number of amides is 1. The van der Waals surface area contributed by atoms with E-state index < -0.39 is 0 Å². The SMILES string of the molecule is O=C(CCc1nc(-c2ccsc2)no1)Nc1ccc2c(c1F)CCNC2. The summed E-state index contributed by atoms with van der Waals surface area (Å²) in [5.74, 6) is 0.275. The van der Waals surface area contributed by atoms with Gasteiger partial charge in [0.05, 0.1) is 5.69 Å². The quantitative estimate of drug-likeness (QED) is 0.719. The van der Waals surface area contributed by atoms with E-state index in [4.69, 9.17) is 4.52 Å². The lowest BCUT2D eigenvalue weighted by Crippen LogP contribution is -2.25. The maximum absolute atomic E-state index is 14.6. The molecule has 1 aromatic carbocycles. The van der Waals surface area contributed by atoms with Crippen LogP contribution in [0, 0.1) is 5.82 Å². The van der Waals surface area contributed by atoms with Gasteiger partial charge in [-0.1, -0.05) is 11.2 Å². The molecule has 1 aliphatic rings. The van der Waals surface area contributed by atoms with E-state index in [0.717, 1.165) is 17.7 Å². The third kappa shape index (κ3) is 3.51. The van der Waals surface area contributed by atoms with Crippen LogP contribution in [0.4, 0.5) is 10.1 Å². The summed E-state index contributed by atoms with van der Waals surface area (Å²) in [7, 11) is 0. The molecule has 134 valence electrons. The predicted molar refractivity (Wildman–Crippen MR) is 96.4 cm³/mol. The topological polar surface area (TPSA) is 80.0 Å². The first-order valence-corrected chi connectivity index (χ1v) is 9.31. The Morgan fingerprint density at radius 3 is 3.15 bits per heavy atom. The molecule has 0 atom stereocenters. The van der Waals surface area contributed by atoms with Crippen molar-refractivity contribution in [1.29, 1.82) is 0 Å². The molecule has 0 aliphatic carbocycles. The van der Waals surface area contributed by atoms with Gasteiger partial charge in [-0.05, 0) is 41.6 Å². The van der Waals surface area contributed by atoms with Crippen LogP contribution < -0.4 is 10.6 Å². The van der Waals surface area contributed by atoms with E-state index in [9.17, 15) is 9.18 Å². The normalized spacial score (nSPS) is 13.4. The van der Waals surface area contributed by atoms with Crippen LogP contribution in [0.2, 0.25) is 0 Å². The molecule has 3 aromatic rings. The van der Waals surface area contributed by atoms with Crippen molar-refractivity contribution < 1.29 is 13.7 Å². The maximum Gasteiger partial charge on any atom is 0.227 e. The molecule has 0 spiro atoms. The lowest BCUT2D eigenvalue weighted by molar-refractivity contribution is -0.116. The van der Waals surface area contributed by atoms with Crippen molar-refractivity contribution in [3.05, 3.63) is 51.8 Å². The second-order valence-corrected chi connectivity index (χ2v) is 6.84. The smallest absolute Gasteiger partial charge is 0.227 e. The second-order valence-electron chi connectivity index (χ2n) is 6.06. The minimum absolute atomic E-state index is 0.142. The lowest BCUT2D eigenvalue weighted by atomic mass is 9.99. The second kappa shape index (κ2) is 7.35. The van der Waals surface area contributed by atoms with Gasteiger partial charge in [-0.25, -0.2) is 4.39 Å². The highest BCUT2D eigenvalue weighted by molar-refractivity contribution is 7.08. The maximum atomic E-state index is 14.6. The van der Waals surface area contributed by atoms with Gasteiger partial charge in [0.15, 0.2) is 0 Å². The number of aromatic nitrogens is 2. The Labute approximate surface area is 153 Å². The number of aryl methyl sites for hydroxylation is 1. The van der Waals surface area contributed by atoms with Gasteiger partial charge < -0.3 is 15.2 Å². The van der Waals surface area contributed by atoms with Gasteiger partial charge in [0.25, 0.3) is 0 Å². The van der Waals surface area contributed by atoms with E-state index in [-0.39, 0.29) is 23.8 Å². The highest BCUT2D eigenvalue weighted by atomic mass is 32.1. The number of halogens is 1. The van der Waals surface area contributed by atoms with Crippen LogP contribution in [0.25, 0.3) is 11.4 Å². The highest BCUT2D eigenvalue weighted by Crippen LogP contribution is 2.25. The fourth-order valence-electron chi connectivity index (χ4n) is 2.93. The number of thiophene rings is 1. The van der Waals surface area contributed by atoms with E-state index in [0.29, 0.717) is 36.7 Å². The molecule has 2 aromatic heterocycles. The Balaban J connectivity index is 1.37. The summed E-state index contributed by atoms with van der Waals surface area (Å²) in [6.45, 7) is 1.40. The molecule has 26 heavy (non-hydrogen) atoms. The molecule has 3 heterocycles. The molecule has 4 rings (SSSR count). The summed E-state index contributed by atoms with van der Waals surface area (Å²) in [6.07, 6.45) is 1.07. The highest BCUT2D eigenvalue weighted by Gasteiger charge is 2.18. The third-order valence-electron chi connectivity index (χ3n) is 4.29. The summed E-state index contributed by atoms with van der Waals surface area (Å²) in [5, 5.41) is 13.6. The van der Waals surface area contributed by atoms with Crippen molar-refractivity contribution in [2.24, 2.45) is 0 Å². The molecule has 0 fully saturated rings. The van der Waals surface area contributed by atoms with Gasteiger partial charge >= 0.3 is 0 Å². The van der Waals surface area contributed by atoms with Crippen LogP contribution in [0.3, 0.4) is 0 Å². The van der Waals surface area contributed by atoms with Crippen molar-refractivity contribution in [3.63, 3.8) is 0 Å². The lowest BCUT2D eigenvalue weighted by Gasteiger charge is -2.19. The number of fused-ring (bicyclic) bond motifs is 1. The summed E-state index contributed by atoms with van der Waals surface area (Å²) >= 11 is 1.55. The van der Waals surface area contributed by atoms with Gasteiger partial charge in [0, 0.05) is 30.3 Å². The number of hydrogen-bond acceptors (Lipinski definition) is 6. The molecule has 2 N–H and O–H groups in total. The Kier molecular flexibility index (Phi) is 4.77. The van der Waals surface area contributed by atoms with Crippen LogP contribution in [-0.4, -0.2) is 22.6 Å². The number of hydrogen-bond donors (Lipinski definition) is 2. The zero-order valence-corrected chi connectivity index (χ0v) is 14.7. The Hall–Kier alpha value is -2.58. The minimum Gasteiger partial charge on any atom is -0.339 e. The number of benzene rings is 1. The minimum atomic E-state index is -0.338. The van der Waals surface area contributed by atoms with Gasteiger partial charge in [-0.2, -0.15) is 16.3 Å². The first kappa shape index (κ1) is 16.9. The standard InChI is InChI=1S/C18H17FN4O2S/c19-17-13-5-7-20-9-11(13)1-2-14(17)21-15(24)3-4-16-22-18(23-25-16)12-6-8-26-10-12/h1-2,6,8,10,20H,3-5,7,9H2,(H,21,24). The van der Waals surface area contributed by atoms with Crippen molar-refractivity contribution in [1.82, 2.24) is 15.5 Å². The first-order valence-electron chi connectivity index (χ1n) is 8.36. The number of carbonyl (C=O) groups is 1. The van der Waals surface area contributed by atoms with E-state index in [1.165, 1.54) is 0 Å². The van der Waals surface area contributed by atoms with Crippen molar-refractivity contribution in [2.75, 3.05) is 11.9 Å². The zero-order valence-electron chi connectivity index (χ0n) is 13.9. The van der Waals surface area contributed by atoms with Crippen LogP contribution in [0.15, 0.2) is 33.5 Å². The van der Waals surface area contributed by atoms with Crippen LogP contribution in [0.1, 0.15) is 23.4 Å². The number of nitrogens with zero attached hydrogens (tertiary/aromatic N) is 2. The summed E-state index contributed by atoms with van der Waals surface area (Å²) in [4.78, 5) is 16.4. The predicted octanol–water partition coefficient (Wildman–Crippen LogP) is 3.15. The summed E-state index contributed by atoms with van der Waals surface area (Å²) in [6, 6.07) is 5.37. The molecule has 0 radical (unpaired) electrons. The number of rotatable bonds is 5. The molecular weight excluding hydrogens is 355 g/mol. The Bertz CT molecular complexity index is 923. The summed E-state index contributed by atoms with van der Waals surface area (Å²) < 4.78 is 19.7.